The number of carbonyl (C=O) groups is 3. The molecule has 0 radical (unpaired) electrons. The average Bonchev–Trinajstić information content (AvgIpc) is 1.63. The highest BCUT2D eigenvalue weighted by Gasteiger charge is 2.34. The van der Waals surface area contributed by atoms with Crippen LogP contribution in [0.3, 0.4) is 0 Å². The lowest BCUT2D eigenvalue weighted by molar-refractivity contribution is -0.128. The van der Waals surface area contributed by atoms with Crippen molar-refractivity contribution in [2.45, 2.75) is 133 Å². The normalized spacial score (nSPS) is 17.9. The summed E-state index contributed by atoms with van der Waals surface area (Å²) in [7, 11) is 2.13. The first-order valence-electron chi connectivity index (χ1n) is 41.4. The van der Waals surface area contributed by atoms with Gasteiger partial charge in [-0.3, -0.25) is 19.3 Å². The Hall–Kier alpha value is -12.7. The van der Waals surface area contributed by atoms with Crippen molar-refractivity contribution in [1.29, 1.82) is 0 Å². The van der Waals surface area contributed by atoms with E-state index in [9.17, 15) is 14.4 Å². The summed E-state index contributed by atoms with van der Waals surface area (Å²) in [5, 5.41) is 24.1. The molecular weight excluding hydrogens is 1480 g/mol. The summed E-state index contributed by atoms with van der Waals surface area (Å²) in [5.74, 6) is 5.79. The van der Waals surface area contributed by atoms with Gasteiger partial charge in [0.1, 0.15) is 88.0 Å². The first kappa shape index (κ1) is 79.1. The number of amides is 3. The van der Waals surface area contributed by atoms with E-state index in [1.807, 2.05) is 211 Å². The molecule has 12 aromatic rings. The quantitative estimate of drug-likeness (QED) is 0.0351. The van der Waals surface area contributed by atoms with E-state index in [0.29, 0.717) is 85.2 Å². The third kappa shape index (κ3) is 18.9. The minimum Gasteiger partial charge on any atom is -0.457 e. The Labute approximate surface area is 686 Å². The maximum absolute atomic E-state index is 13.0. The van der Waals surface area contributed by atoms with Gasteiger partial charge in [-0.1, -0.05) is 105 Å². The molecule has 3 aliphatic heterocycles. The molecule has 6 aliphatic rings. The number of nitrogens with one attached hydrogen (secondary N) is 2. The summed E-state index contributed by atoms with van der Waals surface area (Å²) in [6.07, 6.45) is 32.7. The fourth-order valence-electron chi connectivity index (χ4n) is 16.6. The Morgan fingerprint density at radius 2 is 0.720 bits per heavy atom. The van der Waals surface area contributed by atoms with Crippen molar-refractivity contribution in [2.24, 2.45) is 0 Å². The number of hydrogen-bond donors (Lipinski definition) is 5. The fraction of sp³-hybridized carbons (Fsp3) is 0.341. The van der Waals surface area contributed by atoms with Crippen LogP contribution < -0.4 is 42.0 Å². The molecule has 6 aromatic carbocycles. The molecule has 3 aliphatic carbocycles. The molecule has 6 aromatic heterocycles. The number of benzene rings is 6. The molecule has 118 heavy (non-hydrogen) atoms. The second kappa shape index (κ2) is 37.5. The summed E-state index contributed by atoms with van der Waals surface area (Å²) in [5.41, 5.74) is 25.9. The van der Waals surface area contributed by atoms with Gasteiger partial charge in [-0.05, 0) is 180 Å². The van der Waals surface area contributed by atoms with Gasteiger partial charge in [-0.15, -0.1) is 0 Å². The predicted molar refractivity (Wildman–Crippen MR) is 459 cm³/mol. The first-order valence-corrected chi connectivity index (χ1v) is 41.4. The van der Waals surface area contributed by atoms with Gasteiger partial charge in [0.2, 0.25) is 17.7 Å². The zero-order valence-corrected chi connectivity index (χ0v) is 66.6. The van der Waals surface area contributed by atoms with Gasteiger partial charge in [-0.2, -0.15) is 15.3 Å². The number of anilines is 3. The van der Waals surface area contributed by atoms with E-state index < -0.39 is 0 Å². The first-order chi connectivity index (χ1) is 57.9. The van der Waals surface area contributed by atoms with Crippen LogP contribution in [0.4, 0.5) is 17.5 Å². The van der Waals surface area contributed by atoms with Crippen LogP contribution in [0.5, 0.6) is 34.5 Å². The van der Waals surface area contributed by atoms with Crippen LogP contribution in [0, 0.1) is 0 Å². The molecule has 0 bridgehead atoms. The fourth-order valence-corrected chi connectivity index (χ4v) is 16.6. The van der Waals surface area contributed by atoms with Crippen molar-refractivity contribution >= 4 is 68.3 Å². The molecule has 6 fully saturated rings. The summed E-state index contributed by atoms with van der Waals surface area (Å²) in [6, 6.07) is 54.1. The number of hydrogen-bond acceptors (Lipinski definition) is 21. The number of para-hydroxylation sites is 3. The number of rotatable bonds is 24. The smallest absolute Gasteiger partial charge is 0.246 e. The highest BCUT2D eigenvalue weighted by molar-refractivity contribution is 6.01. The monoisotopic (exact) mass is 1580 g/mol. The van der Waals surface area contributed by atoms with Crippen molar-refractivity contribution < 1.29 is 28.6 Å². The third-order valence-electron chi connectivity index (χ3n) is 23.2. The Balaban J connectivity index is 0.000000132. The lowest BCUT2D eigenvalue weighted by atomic mass is 9.92. The number of nitrogens with two attached hydrogens (primary N) is 3. The SMILES string of the molecule is CN(C/C=C/C(=O)N1CC[C@@H](n2nc(-c3ccc(Oc4ccccc4)cc3)c3c(N)ncnc32)C1)C1CCC1.Nc1ncnc2c1c(-c1ccc(Oc3ccccc3)cc1)nn2[C@@H]1CCCN(C(=O)/C=C/CNC2CCCC2)C1.Nc1ncnc2c1c(-c1ccc(Oc3ccccc3)cc1)nn2[C@@H]1CCN(C(=O)/C=C/CNC2CCCC2)C1. The lowest BCUT2D eigenvalue weighted by Gasteiger charge is -2.33. The molecule has 606 valence electrons. The van der Waals surface area contributed by atoms with E-state index in [1.165, 1.54) is 89.6 Å². The van der Waals surface area contributed by atoms with Gasteiger partial charge >= 0.3 is 0 Å². The second-order valence-corrected chi connectivity index (χ2v) is 31.1. The van der Waals surface area contributed by atoms with E-state index >= 15 is 0 Å². The van der Waals surface area contributed by atoms with Crippen LogP contribution in [0.1, 0.15) is 114 Å². The van der Waals surface area contributed by atoms with E-state index in [2.05, 4.69) is 52.5 Å². The van der Waals surface area contributed by atoms with Crippen molar-refractivity contribution in [3.8, 4) is 68.3 Å². The predicted octanol–water partition coefficient (Wildman–Crippen LogP) is 14.5. The number of aromatic nitrogens is 12. The Kier molecular flexibility index (Phi) is 25.1. The molecule has 9 heterocycles. The number of likely N-dealkylation sites (tertiary alicyclic amines) is 3. The van der Waals surface area contributed by atoms with E-state index in [4.69, 9.17) is 46.7 Å². The van der Waals surface area contributed by atoms with Crippen LogP contribution in [-0.2, 0) is 14.4 Å². The summed E-state index contributed by atoms with van der Waals surface area (Å²) in [6.45, 7) is 6.06. The Bertz CT molecular complexity index is 5490. The number of nitrogen functional groups attached to an aromatic ring is 3. The van der Waals surface area contributed by atoms with Crippen LogP contribution in [-0.4, -0.2) is 181 Å². The van der Waals surface area contributed by atoms with E-state index in [0.717, 1.165) is 136 Å². The van der Waals surface area contributed by atoms with Gasteiger partial charge < -0.3 is 56.7 Å². The molecule has 27 heteroatoms. The van der Waals surface area contributed by atoms with Crippen molar-refractivity contribution in [1.82, 2.24) is 89.5 Å². The maximum Gasteiger partial charge on any atom is 0.246 e. The van der Waals surface area contributed by atoms with Gasteiger partial charge in [0, 0.05) is 112 Å². The minimum atomic E-state index is -0.00560. The van der Waals surface area contributed by atoms with Crippen LogP contribution >= 0.6 is 0 Å². The van der Waals surface area contributed by atoms with Crippen molar-refractivity contribution in [2.75, 3.05) is 83.2 Å². The maximum atomic E-state index is 13.0. The van der Waals surface area contributed by atoms with Crippen LogP contribution in [0.2, 0.25) is 0 Å². The van der Waals surface area contributed by atoms with Gasteiger partial charge in [0.15, 0.2) is 16.9 Å². The number of fused-ring (bicyclic) bond motifs is 3. The topological polar surface area (TPSA) is 325 Å². The molecule has 3 atom stereocenters. The largest absolute Gasteiger partial charge is 0.457 e. The van der Waals surface area contributed by atoms with Crippen molar-refractivity contribution in [3.63, 3.8) is 0 Å². The van der Waals surface area contributed by atoms with Gasteiger partial charge in [-0.25, -0.2) is 43.9 Å². The summed E-state index contributed by atoms with van der Waals surface area (Å²) >= 11 is 0. The van der Waals surface area contributed by atoms with Crippen LogP contribution in [0.25, 0.3) is 66.9 Å². The summed E-state index contributed by atoms with van der Waals surface area (Å²) < 4.78 is 23.6. The average molecular weight is 1580 g/mol. The Morgan fingerprint density at radius 1 is 0.390 bits per heavy atom. The molecule has 8 N–H and O–H groups in total. The van der Waals surface area contributed by atoms with E-state index in [-0.39, 0.29) is 35.8 Å². The number of likely N-dealkylation sites (N-methyl/N-ethyl adjacent to an activating group) is 1. The molecule has 18 rings (SSSR count). The minimum absolute atomic E-state index is 0.00482. The van der Waals surface area contributed by atoms with Gasteiger partial charge in [0.25, 0.3) is 0 Å². The second-order valence-electron chi connectivity index (χ2n) is 31.1. The zero-order chi connectivity index (χ0) is 80.7. The summed E-state index contributed by atoms with van der Waals surface area (Å²) in [4.78, 5) is 73.1. The van der Waals surface area contributed by atoms with Crippen molar-refractivity contribution in [3.05, 3.63) is 219 Å². The van der Waals surface area contributed by atoms with Crippen LogP contribution in [0.15, 0.2) is 219 Å². The molecular formula is C91H101N21O6. The highest BCUT2D eigenvalue weighted by Crippen LogP contribution is 2.40. The molecule has 0 unspecified atom stereocenters. The zero-order valence-electron chi connectivity index (χ0n) is 66.6. The number of nitrogens with zero attached hydrogens (tertiary/aromatic N) is 16. The number of ether oxygens (including phenoxy) is 3. The van der Waals surface area contributed by atoms with E-state index in [1.54, 1.807) is 18.2 Å². The number of piperidine rings is 1. The molecule has 0 spiro atoms. The third-order valence-corrected chi connectivity index (χ3v) is 23.2. The lowest BCUT2D eigenvalue weighted by Crippen LogP contribution is -2.40. The Morgan fingerprint density at radius 3 is 1.07 bits per heavy atom. The molecule has 3 saturated carbocycles. The molecule has 3 saturated heterocycles. The standard InChI is InChI=1S/C31H35N7O2.2C30H33N7O2/c32-30-28-29(22-14-16-26(17-15-22)40-25-11-2-1-3-12-25)36-38(31(28)35-21-34-30)24-10-7-19-37(20-24)27(39)13-6-18-33-23-8-4-5-9-23;1-35(22-7-5-8-22)17-6-11-26(38)36-18-16-23(19-36)37-30-27(29(31)32-20-33-30)28(34-37)21-12-14-25(15-13-21)39-24-9-3-2-4-10-24;31-29-27-28(21-12-14-25(15-13-21)39-24-9-2-1-3-10-24)35-37(30(27)34-20-33-29)23-16-18-36(19-23)26(38)11-6-17-32-22-7-4-5-8-22/h1-3,6,11-17,21,23-24,33H,4-5,7-10,18-20H2,(H2,32,34,35);2-4,6,9-15,20,22-23H,5,7-8,16-19H2,1H3,(H2,31,32,33);1-3,6,9-15,20,22-23,32H,4-5,7-8,16-19H2,(H2,31,33,34)/b13-6+;2*11-6+/t24-;2*23-/m111/s1. The highest BCUT2D eigenvalue weighted by atomic mass is 16.5. The molecule has 3 amide bonds. The number of carbonyl (C=O) groups excluding carboxylic acids is 3. The van der Waals surface area contributed by atoms with Gasteiger partial charge in [0.05, 0.1) is 34.3 Å². The molecule has 27 nitrogen and oxygen atoms in total.